The van der Waals surface area contributed by atoms with Gasteiger partial charge in [-0.3, -0.25) is 9.88 Å². The van der Waals surface area contributed by atoms with Gasteiger partial charge in [-0.1, -0.05) is 23.4 Å². The number of benzene rings is 1. The number of carbonyl (C=O) groups excluding carboxylic acids is 1. The van der Waals surface area contributed by atoms with Crippen molar-refractivity contribution in [3.05, 3.63) is 66.1 Å². The number of urea groups is 1. The molecule has 0 bridgehead atoms. The average Bonchev–Trinajstić information content (AvgIpc) is 3.07. The summed E-state index contributed by atoms with van der Waals surface area (Å²) in [4.78, 5) is 27.1. The minimum Gasteiger partial charge on any atom is -0.378 e. The van der Waals surface area contributed by atoms with Crippen LogP contribution in [0.4, 0.5) is 29.7 Å². The van der Waals surface area contributed by atoms with Gasteiger partial charge in [-0.25, -0.2) is 9.78 Å². The Morgan fingerprint density at radius 2 is 1.84 bits per heavy atom. The third kappa shape index (κ3) is 5.61. The van der Waals surface area contributed by atoms with E-state index in [2.05, 4.69) is 20.3 Å². The number of aliphatic hydroxyl groups is 1. The number of β-amino-alcohol motifs (C(OH)–C–C–N with tert-alkyl or cyclic N) is 1. The lowest BCUT2D eigenvalue weighted by molar-refractivity contribution is -0.137. The Morgan fingerprint density at radius 3 is 2.43 bits per heavy atom. The Kier molecular flexibility index (Phi) is 6.78. The molecule has 3 aromatic rings. The Hall–Kier alpha value is -3.47. The standard InChI is InChI=1S/C22H17B4F3N6O2/c1-12(16-6-5-14(10-31-16)13-3-2-4-15(9-13)21(27,28)29)32-18-30-8-7-17(33-18)34-11-20(23,37)35(19(34)36)22(24,25)26/h2-10,12,37H,11H2,1H3,(H,30,32,33). The van der Waals surface area contributed by atoms with Crippen LogP contribution < -0.4 is 10.2 Å². The van der Waals surface area contributed by atoms with Crippen LogP contribution in [0, 0.1) is 0 Å². The lowest BCUT2D eigenvalue weighted by Crippen LogP contribution is -2.61. The molecule has 2 N–H and O–H groups in total. The van der Waals surface area contributed by atoms with Crippen molar-refractivity contribution in [3.8, 4) is 11.1 Å². The smallest absolute Gasteiger partial charge is 0.378 e. The van der Waals surface area contributed by atoms with Crippen molar-refractivity contribution in [2.75, 3.05) is 16.8 Å². The first-order valence-corrected chi connectivity index (χ1v) is 10.9. The monoisotopic (exact) mass is 498 g/mol. The van der Waals surface area contributed by atoms with E-state index in [4.69, 9.17) is 31.4 Å². The summed E-state index contributed by atoms with van der Waals surface area (Å²) in [7, 11) is 22.5. The second-order valence-corrected chi connectivity index (χ2v) is 8.62. The highest BCUT2D eigenvalue weighted by molar-refractivity contribution is 6.60. The highest BCUT2D eigenvalue weighted by atomic mass is 19.4. The summed E-state index contributed by atoms with van der Waals surface area (Å²) in [5, 5.41) is 11.2. The van der Waals surface area contributed by atoms with Crippen molar-refractivity contribution in [2.24, 2.45) is 0 Å². The normalized spacial score (nSPS) is 19.2. The van der Waals surface area contributed by atoms with Crippen molar-refractivity contribution < 1.29 is 23.1 Å². The summed E-state index contributed by atoms with van der Waals surface area (Å²) in [6.07, 6.45) is -1.59. The van der Waals surface area contributed by atoms with E-state index in [1.165, 1.54) is 24.5 Å². The SMILES string of the molecule is [B]C([B])([B])N1C(=O)N(c2ccnc(NC(C)c3ccc(-c4cccc(C(F)(F)F)c4)cn3)n2)CC1([B])O. The minimum absolute atomic E-state index is 0.0955. The Bertz CT molecular complexity index is 1300. The molecule has 37 heavy (non-hydrogen) atoms. The maximum atomic E-state index is 13.0. The average molecular weight is 498 g/mol. The van der Waals surface area contributed by atoms with Crippen molar-refractivity contribution in [3.63, 3.8) is 0 Å². The van der Waals surface area contributed by atoms with Crippen molar-refractivity contribution in [1.29, 1.82) is 0 Å². The van der Waals surface area contributed by atoms with E-state index in [0.717, 1.165) is 17.0 Å². The molecule has 4 rings (SSSR count). The number of pyridine rings is 1. The first-order chi connectivity index (χ1) is 17.2. The van der Waals surface area contributed by atoms with Crippen LogP contribution in [0.2, 0.25) is 0 Å². The number of alkyl halides is 3. The summed E-state index contributed by atoms with van der Waals surface area (Å²) in [6, 6.07) is 8.43. The molecule has 3 heterocycles. The Labute approximate surface area is 216 Å². The van der Waals surface area contributed by atoms with Crippen molar-refractivity contribution >= 4 is 49.2 Å². The number of carbonyl (C=O) groups is 1. The second kappa shape index (κ2) is 9.44. The van der Waals surface area contributed by atoms with Crippen LogP contribution in [-0.4, -0.2) is 79.8 Å². The van der Waals surface area contributed by atoms with Gasteiger partial charge in [0.1, 0.15) is 19.3 Å². The van der Waals surface area contributed by atoms with E-state index in [1.54, 1.807) is 25.1 Å². The van der Waals surface area contributed by atoms with Gasteiger partial charge in [0.25, 0.3) is 0 Å². The number of hydrogen-bond donors (Lipinski definition) is 2. The number of aromatic nitrogens is 3. The van der Waals surface area contributed by atoms with Gasteiger partial charge in [0.15, 0.2) is 0 Å². The third-order valence-electron chi connectivity index (χ3n) is 5.60. The number of hydrogen-bond acceptors (Lipinski definition) is 6. The molecule has 8 nitrogen and oxygen atoms in total. The summed E-state index contributed by atoms with van der Waals surface area (Å²) >= 11 is 0. The maximum absolute atomic E-state index is 13.0. The summed E-state index contributed by atoms with van der Waals surface area (Å²) in [5.41, 5.74) is -1.53. The molecule has 1 aromatic carbocycles. The molecule has 2 unspecified atom stereocenters. The number of anilines is 2. The van der Waals surface area contributed by atoms with E-state index in [1.807, 2.05) is 0 Å². The van der Waals surface area contributed by atoms with Gasteiger partial charge in [0.05, 0.1) is 47.4 Å². The van der Waals surface area contributed by atoms with Crippen LogP contribution in [0.15, 0.2) is 54.9 Å². The number of rotatable bonds is 6. The largest absolute Gasteiger partial charge is 0.416 e. The van der Waals surface area contributed by atoms with Crippen LogP contribution in [0.25, 0.3) is 11.1 Å². The van der Waals surface area contributed by atoms with Gasteiger partial charge in [-0.15, -0.1) is 0 Å². The molecule has 0 spiro atoms. The van der Waals surface area contributed by atoms with Crippen molar-refractivity contribution in [2.45, 2.75) is 30.0 Å². The second-order valence-electron chi connectivity index (χ2n) is 8.62. The van der Waals surface area contributed by atoms with E-state index in [-0.39, 0.29) is 11.8 Å². The summed E-state index contributed by atoms with van der Waals surface area (Å²) < 4.78 is 39.1. The molecule has 2 amide bonds. The molecule has 1 fully saturated rings. The summed E-state index contributed by atoms with van der Waals surface area (Å²) in [6.45, 7) is 1.36. The number of nitrogens with one attached hydrogen (secondary N) is 1. The Morgan fingerprint density at radius 1 is 1.11 bits per heavy atom. The first kappa shape index (κ1) is 26.6. The van der Waals surface area contributed by atoms with Gasteiger partial charge in [0.2, 0.25) is 5.95 Å². The predicted molar refractivity (Wildman–Crippen MR) is 134 cm³/mol. The molecule has 0 aliphatic carbocycles. The molecular weight excluding hydrogens is 481 g/mol. The molecule has 0 saturated carbocycles. The number of halogens is 3. The van der Waals surface area contributed by atoms with Gasteiger partial charge >= 0.3 is 12.2 Å². The maximum Gasteiger partial charge on any atom is 0.416 e. The molecule has 2 atom stereocenters. The molecular formula is C22H17B4F3N6O2. The van der Waals surface area contributed by atoms with Gasteiger partial charge in [-0.2, -0.15) is 18.2 Å². The quantitative estimate of drug-likeness (QED) is 0.506. The Balaban J connectivity index is 1.50. The lowest BCUT2D eigenvalue weighted by atomic mass is 9.47. The minimum atomic E-state index is -4.45. The molecule has 8 radical (unpaired) electrons. The van der Waals surface area contributed by atoms with Crippen LogP contribution in [0.1, 0.15) is 24.2 Å². The zero-order valence-electron chi connectivity index (χ0n) is 19.5. The van der Waals surface area contributed by atoms with E-state index < -0.39 is 41.2 Å². The summed E-state index contributed by atoms with van der Waals surface area (Å²) in [5.74, 6) is 0.221. The lowest BCUT2D eigenvalue weighted by Gasteiger charge is -2.41. The zero-order chi connectivity index (χ0) is 27.2. The predicted octanol–water partition coefficient (Wildman–Crippen LogP) is 1.90. The molecule has 1 aliphatic heterocycles. The molecule has 1 saturated heterocycles. The van der Waals surface area contributed by atoms with E-state index >= 15 is 0 Å². The molecule has 180 valence electrons. The first-order valence-electron chi connectivity index (χ1n) is 10.9. The third-order valence-corrected chi connectivity index (χ3v) is 5.60. The fourth-order valence-electron chi connectivity index (χ4n) is 3.88. The topological polar surface area (TPSA) is 94.5 Å². The van der Waals surface area contributed by atoms with Crippen molar-refractivity contribution in [1.82, 2.24) is 19.9 Å². The zero-order valence-corrected chi connectivity index (χ0v) is 19.5. The van der Waals surface area contributed by atoms with E-state index in [0.29, 0.717) is 21.7 Å². The van der Waals surface area contributed by atoms with Gasteiger partial charge < -0.3 is 15.3 Å². The number of nitrogens with zero attached hydrogens (tertiary/aromatic N) is 5. The fraction of sp³-hybridized carbons (Fsp3) is 0.273. The van der Waals surface area contributed by atoms with Gasteiger partial charge in [0, 0.05) is 18.0 Å². The van der Waals surface area contributed by atoms with E-state index in [9.17, 15) is 23.1 Å². The number of amides is 2. The highest BCUT2D eigenvalue weighted by Crippen LogP contribution is 2.33. The molecule has 1 aliphatic rings. The van der Waals surface area contributed by atoms with Gasteiger partial charge in [-0.05, 0) is 36.8 Å². The van der Waals surface area contributed by atoms with Crippen LogP contribution in [-0.2, 0) is 6.18 Å². The fourth-order valence-corrected chi connectivity index (χ4v) is 3.88. The molecule has 15 heteroatoms. The van der Waals surface area contributed by atoms with Crippen LogP contribution in [0.5, 0.6) is 0 Å². The molecule has 2 aromatic heterocycles. The highest BCUT2D eigenvalue weighted by Gasteiger charge is 2.49. The van der Waals surface area contributed by atoms with Crippen LogP contribution >= 0.6 is 0 Å². The van der Waals surface area contributed by atoms with Crippen LogP contribution in [0.3, 0.4) is 0 Å².